The van der Waals surface area contributed by atoms with Crippen molar-refractivity contribution in [3.63, 3.8) is 0 Å². The van der Waals surface area contributed by atoms with Crippen molar-refractivity contribution < 1.29 is 10.2 Å². The van der Waals surface area contributed by atoms with Crippen LogP contribution in [0.1, 0.15) is 12.0 Å². The fourth-order valence-corrected chi connectivity index (χ4v) is 2.26. The van der Waals surface area contributed by atoms with Crippen LogP contribution in [0.5, 0.6) is 0 Å². The van der Waals surface area contributed by atoms with Crippen LogP contribution in [0.25, 0.3) is 0 Å². The number of piperidine rings is 1. The zero-order valence-electron chi connectivity index (χ0n) is 9.42. The first-order valence-electron chi connectivity index (χ1n) is 5.85. The molecule has 0 aliphatic carbocycles. The fourth-order valence-electron chi connectivity index (χ4n) is 2.26. The normalized spacial score (nSPS) is 26.9. The molecule has 3 nitrogen and oxygen atoms in total. The van der Waals surface area contributed by atoms with Gasteiger partial charge in [-0.25, -0.2) is 0 Å². The Morgan fingerprint density at radius 2 is 2.00 bits per heavy atom. The summed E-state index contributed by atoms with van der Waals surface area (Å²) in [6.45, 7) is 2.68. The van der Waals surface area contributed by atoms with Crippen molar-refractivity contribution in [3.05, 3.63) is 35.9 Å². The highest BCUT2D eigenvalue weighted by atomic mass is 16.3. The molecular formula is C13H19NO2. The van der Waals surface area contributed by atoms with Crippen LogP contribution in [0.4, 0.5) is 0 Å². The molecule has 88 valence electrons. The summed E-state index contributed by atoms with van der Waals surface area (Å²) in [6, 6.07) is 10.3. The van der Waals surface area contributed by atoms with Crippen LogP contribution < -0.4 is 0 Å². The standard InChI is InChI=1S/C13H19NO2/c15-10-12-9-14(7-6-13(12)16)8-11-4-2-1-3-5-11/h1-5,12-13,15-16H,6-10H2/t12-,13-/m1/s1. The second kappa shape index (κ2) is 5.43. The van der Waals surface area contributed by atoms with Crippen molar-refractivity contribution in [1.29, 1.82) is 0 Å². The Bertz CT molecular complexity index is 315. The van der Waals surface area contributed by atoms with E-state index in [9.17, 15) is 5.11 Å². The van der Waals surface area contributed by atoms with E-state index in [0.717, 1.165) is 26.1 Å². The number of nitrogens with zero attached hydrogens (tertiary/aromatic N) is 1. The molecule has 0 radical (unpaired) electrons. The molecule has 1 aromatic rings. The lowest BCUT2D eigenvalue weighted by Gasteiger charge is -2.35. The average Bonchev–Trinajstić information content (AvgIpc) is 2.33. The average molecular weight is 221 g/mol. The second-order valence-electron chi connectivity index (χ2n) is 4.52. The fraction of sp³-hybridized carbons (Fsp3) is 0.538. The van der Waals surface area contributed by atoms with Crippen molar-refractivity contribution in [3.8, 4) is 0 Å². The van der Waals surface area contributed by atoms with Crippen molar-refractivity contribution in [2.24, 2.45) is 5.92 Å². The van der Waals surface area contributed by atoms with Crippen molar-refractivity contribution in [1.82, 2.24) is 4.90 Å². The lowest BCUT2D eigenvalue weighted by molar-refractivity contribution is -0.00200. The Morgan fingerprint density at radius 1 is 1.25 bits per heavy atom. The number of aliphatic hydroxyl groups is 2. The number of likely N-dealkylation sites (tertiary alicyclic amines) is 1. The van der Waals surface area contributed by atoms with Gasteiger partial charge in [-0.2, -0.15) is 0 Å². The SMILES string of the molecule is OC[C@H]1CN(Cc2ccccc2)CC[C@H]1O. The van der Waals surface area contributed by atoms with Gasteiger partial charge in [-0.05, 0) is 12.0 Å². The van der Waals surface area contributed by atoms with Crippen LogP contribution in [0.3, 0.4) is 0 Å². The van der Waals surface area contributed by atoms with Crippen LogP contribution in [0.15, 0.2) is 30.3 Å². The second-order valence-corrected chi connectivity index (χ2v) is 4.52. The van der Waals surface area contributed by atoms with Crippen molar-refractivity contribution in [2.45, 2.75) is 19.1 Å². The number of aliphatic hydroxyl groups excluding tert-OH is 2. The maximum atomic E-state index is 9.67. The minimum absolute atomic E-state index is 0.0115. The molecule has 16 heavy (non-hydrogen) atoms. The molecule has 1 fully saturated rings. The van der Waals surface area contributed by atoms with Crippen LogP contribution in [-0.2, 0) is 6.54 Å². The first-order chi connectivity index (χ1) is 7.79. The molecule has 0 unspecified atom stereocenters. The zero-order chi connectivity index (χ0) is 11.4. The van der Waals surface area contributed by atoms with E-state index >= 15 is 0 Å². The lowest BCUT2D eigenvalue weighted by Crippen LogP contribution is -2.44. The Hall–Kier alpha value is -0.900. The van der Waals surface area contributed by atoms with Gasteiger partial charge < -0.3 is 10.2 Å². The number of rotatable bonds is 3. The molecule has 0 aromatic heterocycles. The maximum Gasteiger partial charge on any atom is 0.0614 e. The molecule has 1 aliphatic heterocycles. The molecule has 0 bridgehead atoms. The predicted molar refractivity (Wildman–Crippen MR) is 62.9 cm³/mol. The van der Waals surface area contributed by atoms with Gasteiger partial charge in [-0.3, -0.25) is 4.90 Å². The van der Waals surface area contributed by atoms with Crippen LogP contribution in [0.2, 0.25) is 0 Å². The summed E-state index contributed by atoms with van der Waals surface area (Å²) in [5.41, 5.74) is 1.29. The molecule has 0 amide bonds. The third-order valence-electron chi connectivity index (χ3n) is 3.26. The van der Waals surface area contributed by atoms with Crippen LogP contribution >= 0.6 is 0 Å². The largest absolute Gasteiger partial charge is 0.396 e. The molecule has 0 spiro atoms. The van der Waals surface area contributed by atoms with Gasteiger partial charge >= 0.3 is 0 Å². The monoisotopic (exact) mass is 221 g/mol. The third kappa shape index (κ3) is 2.82. The first-order valence-corrected chi connectivity index (χ1v) is 5.85. The minimum Gasteiger partial charge on any atom is -0.396 e. The van der Waals surface area contributed by atoms with E-state index in [1.807, 2.05) is 18.2 Å². The highest BCUT2D eigenvalue weighted by molar-refractivity contribution is 5.14. The van der Waals surface area contributed by atoms with Gasteiger partial charge in [0, 0.05) is 32.2 Å². The summed E-state index contributed by atoms with van der Waals surface area (Å²) < 4.78 is 0. The number of benzene rings is 1. The molecule has 1 saturated heterocycles. The first kappa shape index (κ1) is 11.6. The molecular weight excluding hydrogens is 202 g/mol. The van der Waals surface area contributed by atoms with Gasteiger partial charge in [0.1, 0.15) is 0 Å². The molecule has 2 atom stereocenters. The summed E-state index contributed by atoms with van der Waals surface area (Å²) >= 11 is 0. The highest BCUT2D eigenvalue weighted by Crippen LogP contribution is 2.18. The molecule has 2 rings (SSSR count). The molecule has 3 heteroatoms. The van der Waals surface area contributed by atoms with E-state index < -0.39 is 0 Å². The van der Waals surface area contributed by atoms with Crippen LogP contribution in [-0.4, -0.2) is 40.9 Å². The maximum absolute atomic E-state index is 9.67. The Labute approximate surface area is 96.3 Å². The van der Waals surface area contributed by atoms with E-state index in [1.165, 1.54) is 5.56 Å². The van der Waals surface area contributed by atoms with E-state index in [4.69, 9.17) is 5.11 Å². The quantitative estimate of drug-likeness (QED) is 0.795. The molecule has 2 N–H and O–H groups in total. The molecule has 1 aliphatic rings. The number of hydrogen-bond donors (Lipinski definition) is 2. The van der Waals surface area contributed by atoms with Crippen LogP contribution in [0, 0.1) is 5.92 Å². The van der Waals surface area contributed by atoms with Gasteiger partial charge in [0.2, 0.25) is 0 Å². The molecule has 1 heterocycles. The summed E-state index contributed by atoms with van der Waals surface area (Å²) in [5.74, 6) is 0.0115. The lowest BCUT2D eigenvalue weighted by atomic mass is 9.95. The predicted octanol–water partition coefficient (Wildman–Crippen LogP) is 0.862. The summed E-state index contributed by atoms with van der Waals surface area (Å²) in [5, 5.41) is 18.8. The summed E-state index contributed by atoms with van der Waals surface area (Å²) in [6.07, 6.45) is 0.426. The Balaban J connectivity index is 1.92. The molecule has 1 aromatic carbocycles. The van der Waals surface area contributed by atoms with Gasteiger partial charge in [-0.1, -0.05) is 30.3 Å². The van der Waals surface area contributed by atoms with E-state index in [0.29, 0.717) is 0 Å². The van der Waals surface area contributed by atoms with Crippen molar-refractivity contribution in [2.75, 3.05) is 19.7 Å². The zero-order valence-corrected chi connectivity index (χ0v) is 9.42. The minimum atomic E-state index is -0.336. The topological polar surface area (TPSA) is 43.7 Å². The van der Waals surface area contributed by atoms with E-state index in [1.54, 1.807) is 0 Å². The van der Waals surface area contributed by atoms with Crippen molar-refractivity contribution >= 4 is 0 Å². The van der Waals surface area contributed by atoms with E-state index in [2.05, 4.69) is 17.0 Å². The highest BCUT2D eigenvalue weighted by Gasteiger charge is 2.26. The molecule has 0 saturated carbocycles. The smallest absolute Gasteiger partial charge is 0.0614 e. The summed E-state index contributed by atoms with van der Waals surface area (Å²) in [4.78, 5) is 2.29. The van der Waals surface area contributed by atoms with E-state index in [-0.39, 0.29) is 18.6 Å². The summed E-state index contributed by atoms with van der Waals surface area (Å²) in [7, 11) is 0. The number of hydrogen-bond acceptors (Lipinski definition) is 3. The third-order valence-corrected chi connectivity index (χ3v) is 3.26. The van der Waals surface area contributed by atoms with Gasteiger partial charge in [0.05, 0.1) is 6.10 Å². The van der Waals surface area contributed by atoms with Gasteiger partial charge in [0.25, 0.3) is 0 Å². The Kier molecular flexibility index (Phi) is 3.93. The van der Waals surface area contributed by atoms with Gasteiger partial charge in [-0.15, -0.1) is 0 Å². The van der Waals surface area contributed by atoms with Gasteiger partial charge in [0.15, 0.2) is 0 Å². The Morgan fingerprint density at radius 3 is 2.69 bits per heavy atom.